The van der Waals surface area contributed by atoms with Crippen molar-refractivity contribution in [3.05, 3.63) is 58.8 Å². The average Bonchev–Trinajstić information content (AvgIpc) is 3.07. The molecule has 3 heterocycles. The Balaban J connectivity index is 1.51. The van der Waals surface area contributed by atoms with Gasteiger partial charge in [-0.1, -0.05) is 13.0 Å². The van der Waals surface area contributed by atoms with Crippen LogP contribution in [0.25, 0.3) is 0 Å². The monoisotopic (exact) mass is 536 g/mol. The number of aliphatic hydroxyl groups is 1. The van der Waals surface area contributed by atoms with Gasteiger partial charge < -0.3 is 29.0 Å². The molecule has 0 radical (unpaired) electrons. The van der Waals surface area contributed by atoms with Crippen molar-refractivity contribution in [3.8, 4) is 23.0 Å². The number of carbonyl (C=O) groups excluding carboxylic acids is 1. The Labute approximate surface area is 229 Å². The van der Waals surface area contributed by atoms with E-state index in [9.17, 15) is 9.90 Å². The highest BCUT2D eigenvalue weighted by atomic mass is 16.5. The minimum absolute atomic E-state index is 0.0183. The fourth-order valence-corrected chi connectivity index (χ4v) is 6.47. The Morgan fingerprint density at radius 3 is 2.15 bits per heavy atom. The number of nitrogens with zero attached hydrogens (tertiary/aromatic N) is 3. The lowest BCUT2D eigenvalue weighted by atomic mass is 9.82. The SMILES string of the molecule is CCN1C(=O)N2Cc3cc(OC)cc(OC)c3[C@@H](C)C=C2C12CC[N+](=C(O)c1cc(OC)cc(OC)c1)CC2. The average molecular weight is 537 g/mol. The van der Waals surface area contributed by atoms with Crippen LogP contribution in [0.15, 0.2) is 42.1 Å². The minimum atomic E-state index is -0.442. The Kier molecular flexibility index (Phi) is 7.09. The van der Waals surface area contributed by atoms with E-state index in [1.54, 1.807) is 46.6 Å². The van der Waals surface area contributed by atoms with Crippen LogP contribution in [0.1, 0.15) is 49.3 Å². The lowest BCUT2D eigenvalue weighted by Gasteiger charge is -2.39. The van der Waals surface area contributed by atoms with E-state index in [-0.39, 0.29) is 17.8 Å². The third-order valence-corrected chi connectivity index (χ3v) is 8.41. The number of hydrogen-bond acceptors (Lipinski definition) is 5. The molecule has 0 saturated carbocycles. The van der Waals surface area contributed by atoms with E-state index in [2.05, 4.69) is 13.0 Å². The molecule has 0 aromatic heterocycles. The third kappa shape index (κ3) is 4.33. The van der Waals surface area contributed by atoms with Crippen molar-refractivity contribution in [2.75, 3.05) is 48.1 Å². The first-order chi connectivity index (χ1) is 18.8. The van der Waals surface area contributed by atoms with E-state index < -0.39 is 5.54 Å². The van der Waals surface area contributed by atoms with Gasteiger partial charge in [-0.2, -0.15) is 4.58 Å². The van der Waals surface area contributed by atoms with E-state index in [4.69, 9.17) is 18.9 Å². The molecule has 0 unspecified atom stereocenters. The summed E-state index contributed by atoms with van der Waals surface area (Å²) in [5.41, 5.74) is 3.35. The van der Waals surface area contributed by atoms with Crippen LogP contribution in [0.2, 0.25) is 0 Å². The van der Waals surface area contributed by atoms with Gasteiger partial charge in [0.2, 0.25) is 0 Å². The van der Waals surface area contributed by atoms with E-state index >= 15 is 0 Å². The molecule has 0 aliphatic carbocycles. The maximum Gasteiger partial charge on any atom is 0.367 e. The van der Waals surface area contributed by atoms with Gasteiger partial charge in [0.05, 0.1) is 46.1 Å². The van der Waals surface area contributed by atoms with E-state index in [1.165, 1.54) is 0 Å². The fraction of sp³-hybridized carbons (Fsp3) is 0.467. The molecule has 2 saturated heterocycles. The van der Waals surface area contributed by atoms with E-state index in [1.807, 2.05) is 33.4 Å². The summed E-state index contributed by atoms with van der Waals surface area (Å²) in [7, 11) is 6.49. The zero-order chi connectivity index (χ0) is 27.9. The van der Waals surface area contributed by atoms with Gasteiger partial charge in [0.25, 0.3) is 0 Å². The number of hydrogen-bond donors (Lipinski definition) is 1. The van der Waals surface area contributed by atoms with Crippen LogP contribution in [0.5, 0.6) is 23.0 Å². The number of fused-ring (bicyclic) bond motifs is 3. The number of allylic oxidation sites excluding steroid dienone is 1. The Morgan fingerprint density at radius 2 is 1.59 bits per heavy atom. The fourth-order valence-electron chi connectivity index (χ4n) is 6.47. The number of carbonyl (C=O) groups is 1. The van der Waals surface area contributed by atoms with Crippen LogP contribution in [0, 0.1) is 0 Å². The topological polar surface area (TPSA) is 83.7 Å². The van der Waals surface area contributed by atoms with E-state index in [0.29, 0.717) is 61.8 Å². The first-order valence-corrected chi connectivity index (χ1v) is 13.4. The molecule has 1 N–H and O–H groups in total. The molecule has 5 rings (SSSR count). The summed E-state index contributed by atoms with van der Waals surface area (Å²) in [5.74, 6) is 2.93. The highest BCUT2D eigenvalue weighted by molar-refractivity contribution is 5.89. The molecule has 0 bridgehead atoms. The Hall–Kier alpha value is -3.88. The first kappa shape index (κ1) is 26.7. The largest absolute Gasteiger partial charge is 0.497 e. The number of rotatable bonds is 6. The van der Waals surface area contributed by atoms with Crippen molar-refractivity contribution >= 4 is 11.9 Å². The number of likely N-dealkylation sites (N-methyl/N-ethyl adjacent to an activating group) is 1. The molecule has 1 atom stereocenters. The lowest BCUT2D eigenvalue weighted by molar-refractivity contribution is -0.549. The summed E-state index contributed by atoms with van der Waals surface area (Å²) in [4.78, 5) is 17.8. The van der Waals surface area contributed by atoms with Gasteiger partial charge >= 0.3 is 11.9 Å². The summed E-state index contributed by atoms with van der Waals surface area (Å²) >= 11 is 0. The molecular weight excluding hydrogens is 498 g/mol. The second-order valence-corrected chi connectivity index (χ2v) is 10.3. The molecule has 2 aromatic carbocycles. The first-order valence-electron chi connectivity index (χ1n) is 13.4. The predicted octanol–water partition coefficient (Wildman–Crippen LogP) is 4.53. The molecule has 1 spiro atoms. The molecule has 2 amide bonds. The maximum atomic E-state index is 13.9. The van der Waals surface area contributed by atoms with Crippen molar-refractivity contribution in [1.29, 1.82) is 0 Å². The van der Waals surface area contributed by atoms with Crippen molar-refractivity contribution < 1.29 is 33.4 Å². The molecule has 2 aromatic rings. The standard InChI is InChI=1S/C30H37N3O6/c1-7-33-29(35)32-18-21-15-24(38-5)17-25(39-6)27(21)19(2)12-26(32)30(33)8-10-31(11-9-30)28(34)20-13-22(36-3)16-23(14-20)37-4/h12-17,19H,7-11,18H2,1-6H3/p+1/t19-/m0/s1. The Bertz CT molecular complexity index is 1320. The molecule has 2 fully saturated rings. The van der Waals surface area contributed by atoms with Crippen LogP contribution in [-0.2, 0) is 6.54 Å². The van der Waals surface area contributed by atoms with Gasteiger partial charge in [0.15, 0.2) is 0 Å². The van der Waals surface area contributed by atoms with Gasteiger partial charge in [-0.25, -0.2) is 4.79 Å². The summed E-state index contributed by atoms with van der Waals surface area (Å²) in [6.45, 7) is 6.45. The van der Waals surface area contributed by atoms with Crippen molar-refractivity contribution in [1.82, 2.24) is 9.80 Å². The van der Waals surface area contributed by atoms with Gasteiger partial charge in [-0.15, -0.1) is 0 Å². The molecule has 9 heteroatoms. The molecule has 9 nitrogen and oxygen atoms in total. The molecule has 208 valence electrons. The summed E-state index contributed by atoms with van der Waals surface area (Å²) < 4.78 is 24.0. The van der Waals surface area contributed by atoms with Crippen molar-refractivity contribution in [3.63, 3.8) is 0 Å². The number of amides is 2. The second-order valence-electron chi connectivity index (χ2n) is 10.3. The van der Waals surface area contributed by atoms with Gasteiger partial charge in [-0.3, -0.25) is 4.90 Å². The lowest BCUT2D eigenvalue weighted by Crippen LogP contribution is -2.52. The third-order valence-electron chi connectivity index (χ3n) is 8.41. The summed E-state index contributed by atoms with van der Waals surface area (Å²) in [6.07, 6.45) is 3.63. The molecule has 39 heavy (non-hydrogen) atoms. The van der Waals surface area contributed by atoms with Crippen molar-refractivity contribution in [2.24, 2.45) is 0 Å². The molecular formula is C30H38N3O6+. The van der Waals surface area contributed by atoms with Crippen LogP contribution >= 0.6 is 0 Å². The highest BCUT2D eigenvalue weighted by Gasteiger charge is 2.56. The second kappa shape index (κ2) is 10.4. The zero-order valence-electron chi connectivity index (χ0n) is 23.6. The minimum Gasteiger partial charge on any atom is -0.497 e. The number of benzene rings is 2. The number of aliphatic hydroxyl groups excluding tert-OH is 1. The maximum absolute atomic E-state index is 13.9. The van der Waals surface area contributed by atoms with Gasteiger partial charge in [-0.05, 0) is 30.7 Å². The number of urea groups is 1. The van der Waals surface area contributed by atoms with Crippen molar-refractivity contribution in [2.45, 2.75) is 44.7 Å². The number of ether oxygens (including phenoxy) is 4. The van der Waals surface area contributed by atoms with Crippen LogP contribution < -0.4 is 18.9 Å². The number of methoxy groups -OCH3 is 4. The highest BCUT2D eigenvalue weighted by Crippen LogP contribution is 2.48. The summed E-state index contributed by atoms with van der Waals surface area (Å²) in [6, 6.07) is 9.32. The number of piperidine rings is 1. The Morgan fingerprint density at radius 1 is 0.974 bits per heavy atom. The van der Waals surface area contributed by atoms with Crippen LogP contribution in [-0.4, -0.2) is 85.0 Å². The smallest absolute Gasteiger partial charge is 0.367 e. The summed E-state index contributed by atoms with van der Waals surface area (Å²) in [5, 5.41) is 11.2. The quantitative estimate of drug-likeness (QED) is 0.432. The van der Waals surface area contributed by atoms with Crippen LogP contribution in [0.4, 0.5) is 4.79 Å². The normalized spacial score (nSPS) is 22.2. The predicted molar refractivity (Wildman–Crippen MR) is 148 cm³/mol. The molecule has 3 aliphatic heterocycles. The van der Waals surface area contributed by atoms with Gasteiger partial charge in [0.1, 0.15) is 36.1 Å². The molecule has 3 aliphatic rings. The zero-order valence-corrected chi connectivity index (χ0v) is 23.6. The van der Waals surface area contributed by atoms with Gasteiger partial charge in [0, 0.05) is 48.7 Å². The van der Waals surface area contributed by atoms with E-state index in [0.717, 1.165) is 22.6 Å². The van der Waals surface area contributed by atoms with Crippen LogP contribution in [0.3, 0.4) is 0 Å².